The summed E-state index contributed by atoms with van der Waals surface area (Å²) in [5.41, 5.74) is 13.4. The molecule has 0 atom stereocenters. The molecular formula is C27H49N7O. The van der Waals surface area contributed by atoms with E-state index in [9.17, 15) is 4.79 Å². The number of anilines is 2. The molecule has 8 heteroatoms. The molecule has 8 nitrogen and oxygen atoms in total. The molecule has 1 aliphatic rings. The number of nitrogens with one attached hydrogen (secondary N) is 2. The lowest BCUT2D eigenvalue weighted by molar-refractivity contribution is 0.208. The van der Waals surface area contributed by atoms with Crippen LogP contribution in [0.4, 0.5) is 11.5 Å². The minimum atomic E-state index is -0.213. The smallest absolute Gasteiger partial charge is 0.340 e. The molecule has 0 spiro atoms. The Kier molecular flexibility index (Phi) is 16.7. The highest BCUT2D eigenvalue weighted by Crippen LogP contribution is 2.14. The van der Waals surface area contributed by atoms with Crippen molar-refractivity contribution in [1.29, 1.82) is 0 Å². The molecule has 0 saturated carbocycles. The van der Waals surface area contributed by atoms with Crippen molar-refractivity contribution in [2.24, 2.45) is 11.5 Å². The summed E-state index contributed by atoms with van der Waals surface area (Å²) < 4.78 is 1.69. The molecular weight excluding hydrogens is 438 g/mol. The summed E-state index contributed by atoms with van der Waals surface area (Å²) in [5, 5.41) is 6.57. The highest BCUT2D eigenvalue weighted by Gasteiger charge is 2.15. The van der Waals surface area contributed by atoms with Crippen LogP contribution in [-0.4, -0.2) is 53.2 Å². The standard InChI is InChI=1S/C23H37N7O.2C2H6/c24-11-3-12-26-18-19-4-6-21(7-5-19)27-22-10-17-30(23(31)28-22)14-2-1-13-29-15-8-20(25)9-16-29;2*1-2/h4-7,10,17,20,26H,1-3,8-9,11-16,18,24-25H2,(H,27,28,31);2*1-2H3. The van der Waals surface area contributed by atoms with Crippen molar-refractivity contribution in [3.63, 3.8) is 0 Å². The fourth-order valence-electron chi connectivity index (χ4n) is 3.78. The van der Waals surface area contributed by atoms with E-state index in [-0.39, 0.29) is 5.69 Å². The van der Waals surface area contributed by atoms with Crippen molar-refractivity contribution >= 4 is 11.5 Å². The van der Waals surface area contributed by atoms with Crippen LogP contribution in [0.25, 0.3) is 0 Å². The molecule has 0 bridgehead atoms. The van der Waals surface area contributed by atoms with Crippen LogP contribution >= 0.6 is 0 Å². The van der Waals surface area contributed by atoms with Gasteiger partial charge in [-0.25, -0.2) is 4.79 Å². The molecule has 0 radical (unpaired) electrons. The molecule has 1 aromatic carbocycles. The average molecular weight is 488 g/mol. The zero-order valence-corrected chi connectivity index (χ0v) is 22.4. The number of hydrogen-bond donors (Lipinski definition) is 4. The summed E-state index contributed by atoms with van der Waals surface area (Å²) >= 11 is 0. The van der Waals surface area contributed by atoms with Crippen molar-refractivity contribution in [3.8, 4) is 0 Å². The SMILES string of the molecule is CC.CC.NCCCNCc1ccc(Nc2ccn(CCCCN3CCC(N)CC3)c(=O)n2)cc1. The zero-order valence-electron chi connectivity index (χ0n) is 22.4. The maximum Gasteiger partial charge on any atom is 0.349 e. The lowest BCUT2D eigenvalue weighted by atomic mass is 10.1. The second-order valence-corrected chi connectivity index (χ2v) is 8.32. The molecule has 2 heterocycles. The molecule has 35 heavy (non-hydrogen) atoms. The van der Waals surface area contributed by atoms with E-state index in [1.807, 2.05) is 52.1 Å². The number of nitrogens with zero attached hydrogens (tertiary/aromatic N) is 3. The molecule has 1 saturated heterocycles. The van der Waals surface area contributed by atoms with Crippen molar-refractivity contribution in [3.05, 3.63) is 52.6 Å². The Labute approximate surface area is 212 Å². The highest BCUT2D eigenvalue weighted by molar-refractivity contribution is 5.55. The molecule has 198 valence electrons. The number of unbranched alkanes of at least 4 members (excludes halogenated alkanes) is 1. The first-order valence-corrected chi connectivity index (χ1v) is 13.5. The number of aromatic nitrogens is 2. The Morgan fingerprint density at radius 3 is 2.26 bits per heavy atom. The third kappa shape index (κ3) is 12.3. The molecule has 6 N–H and O–H groups in total. The van der Waals surface area contributed by atoms with Gasteiger partial charge in [-0.2, -0.15) is 4.98 Å². The molecule has 2 aromatic rings. The van der Waals surface area contributed by atoms with Crippen LogP contribution in [0.2, 0.25) is 0 Å². The van der Waals surface area contributed by atoms with Gasteiger partial charge < -0.3 is 27.0 Å². The molecule has 3 rings (SSSR count). The van der Waals surface area contributed by atoms with Crippen LogP contribution in [0, 0.1) is 0 Å². The van der Waals surface area contributed by atoms with E-state index in [1.54, 1.807) is 4.57 Å². The second kappa shape index (κ2) is 19.0. The monoisotopic (exact) mass is 487 g/mol. The highest BCUT2D eigenvalue weighted by atomic mass is 16.1. The van der Waals surface area contributed by atoms with Gasteiger partial charge in [-0.1, -0.05) is 39.8 Å². The molecule has 0 unspecified atom stereocenters. The summed E-state index contributed by atoms with van der Waals surface area (Å²) in [5.74, 6) is 0.569. The molecule has 1 aliphatic heterocycles. The predicted molar refractivity (Wildman–Crippen MR) is 149 cm³/mol. The van der Waals surface area contributed by atoms with Gasteiger partial charge in [-0.3, -0.25) is 4.57 Å². The van der Waals surface area contributed by atoms with Gasteiger partial charge in [0.2, 0.25) is 0 Å². The lowest BCUT2D eigenvalue weighted by Crippen LogP contribution is -2.40. The summed E-state index contributed by atoms with van der Waals surface area (Å²) in [6, 6.07) is 10.4. The second-order valence-electron chi connectivity index (χ2n) is 8.32. The van der Waals surface area contributed by atoms with E-state index >= 15 is 0 Å². The van der Waals surface area contributed by atoms with Gasteiger partial charge in [0.25, 0.3) is 0 Å². The van der Waals surface area contributed by atoms with Crippen molar-refractivity contribution < 1.29 is 0 Å². The van der Waals surface area contributed by atoms with Crippen molar-refractivity contribution in [2.45, 2.75) is 78.9 Å². The van der Waals surface area contributed by atoms with Gasteiger partial charge in [0, 0.05) is 31.0 Å². The van der Waals surface area contributed by atoms with Gasteiger partial charge in [0.1, 0.15) is 5.82 Å². The Morgan fingerprint density at radius 2 is 1.63 bits per heavy atom. The summed E-state index contributed by atoms with van der Waals surface area (Å²) in [7, 11) is 0. The van der Waals surface area contributed by atoms with Crippen molar-refractivity contribution in [1.82, 2.24) is 19.8 Å². The maximum absolute atomic E-state index is 12.4. The fourth-order valence-corrected chi connectivity index (χ4v) is 3.78. The van der Waals surface area contributed by atoms with Crippen LogP contribution in [-0.2, 0) is 13.1 Å². The largest absolute Gasteiger partial charge is 0.349 e. The van der Waals surface area contributed by atoms with E-state index in [4.69, 9.17) is 11.5 Å². The number of likely N-dealkylation sites (tertiary alicyclic amines) is 1. The number of hydrogen-bond acceptors (Lipinski definition) is 7. The van der Waals surface area contributed by atoms with Gasteiger partial charge in [-0.05, 0) is 88.6 Å². The Bertz CT molecular complexity index is 830. The predicted octanol–water partition coefficient (Wildman–Crippen LogP) is 3.68. The van der Waals surface area contributed by atoms with E-state index in [0.29, 0.717) is 24.9 Å². The number of rotatable bonds is 12. The lowest BCUT2D eigenvalue weighted by Gasteiger charge is -2.29. The Balaban J connectivity index is 0.00000145. The maximum atomic E-state index is 12.4. The van der Waals surface area contributed by atoms with Gasteiger partial charge in [0.05, 0.1) is 0 Å². The zero-order chi connectivity index (χ0) is 25.9. The number of nitrogens with two attached hydrogens (primary N) is 2. The van der Waals surface area contributed by atoms with E-state index < -0.39 is 0 Å². The minimum Gasteiger partial charge on any atom is -0.340 e. The van der Waals surface area contributed by atoms with E-state index in [0.717, 1.165) is 70.5 Å². The first-order chi connectivity index (χ1) is 17.1. The molecule has 1 fully saturated rings. The molecule has 0 aliphatic carbocycles. The number of benzene rings is 1. The Hall–Kier alpha value is -2.26. The van der Waals surface area contributed by atoms with Crippen LogP contribution in [0.3, 0.4) is 0 Å². The fraction of sp³-hybridized carbons (Fsp3) is 0.630. The van der Waals surface area contributed by atoms with Crippen LogP contribution < -0.4 is 27.8 Å². The third-order valence-electron chi connectivity index (χ3n) is 5.74. The van der Waals surface area contributed by atoms with Gasteiger partial charge in [0.15, 0.2) is 0 Å². The van der Waals surface area contributed by atoms with Crippen LogP contribution in [0.1, 0.15) is 65.4 Å². The van der Waals surface area contributed by atoms with Crippen LogP contribution in [0.15, 0.2) is 41.3 Å². The van der Waals surface area contributed by atoms with Gasteiger partial charge >= 0.3 is 5.69 Å². The van der Waals surface area contributed by atoms with Crippen LogP contribution in [0.5, 0.6) is 0 Å². The Morgan fingerprint density at radius 1 is 0.971 bits per heavy atom. The van der Waals surface area contributed by atoms with E-state index in [2.05, 4.69) is 32.7 Å². The normalized spacial score (nSPS) is 13.9. The first-order valence-electron chi connectivity index (χ1n) is 13.5. The van der Waals surface area contributed by atoms with Crippen molar-refractivity contribution in [2.75, 3.05) is 38.0 Å². The molecule has 1 aromatic heterocycles. The number of piperidine rings is 1. The molecule has 0 amide bonds. The third-order valence-corrected chi connectivity index (χ3v) is 5.74. The number of aryl methyl sites for hydroxylation is 1. The summed E-state index contributed by atoms with van der Waals surface area (Å²) in [6.07, 6.45) is 7.03. The minimum absolute atomic E-state index is 0.213. The van der Waals surface area contributed by atoms with E-state index in [1.165, 1.54) is 5.56 Å². The quantitative estimate of drug-likeness (QED) is 0.338. The topological polar surface area (TPSA) is 114 Å². The van der Waals surface area contributed by atoms with Gasteiger partial charge in [-0.15, -0.1) is 0 Å². The first kappa shape index (κ1) is 30.8. The average Bonchev–Trinajstić information content (AvgIpc) is 2.90. The summed E-state index contributed by atoms with van der Waals surface area (Å²) in [4.78, 5) is 19.0. The summed E-state index contributed by atoms with van der Waals surface area (Å²) in [6.45, 7) is 14.4.